The van der Waals surface area contributed by atoms with Crippen LogP contribution in [0.4, 0.5) is 0 Å². The zero-order valence-corrected chi connectivity index (χ0v) is 11.7. The molecule has 0 radical (unpaired) electrons. The summed E-state index contributed by atoms with van der Waals surface area (Å²) in [7, 11) is 0. The van der Waals surface area contributed by atoms with E-state index in [1.54, 1.807) is 6.92 Å². The van der Waals surface area contributed by atoms with Gasteiger partial charge in [-0.05, 0) is 32.6 Å². The van der Waals surface area contributed by atoms with Gasteiger partial charge >= 0.3 is 5.97 Å². The quantitative estimate of drug-likeness (QED) is 0.534. The van der Waals surface area contributed by atoms with Crippen LogP contribution in [0.1, 0.15) is 46.0 Å². The minimum Gasteiger partial charge on any atom is -0.464 e. The SMILES string of the molecule is CCOC(=O)COCCN[C@@H](C)C1CCCCC1. The third-order valence-electron chi connectivity index (χ3n) is 3.59. The van der Waals surface area contributed by atoms with E-state index >= 15 is 0 Å². The number of rotatable bonds is 8. The van der Waals surface area contributed by atoms with Gasteiger partial charge in [-0.1, -0.05) is 19.3 Å². The number of carbonyl (C=O) groups excluding carboxylic acids is 1. The zero-order chi connectivity index (χ0) is 13.2. The molecule has 1 saturated carbocycles. The van der Waals surface area contributed by atoms with Crippen molar-refractivity contribution in [2.24, 2.45) is 5.92 Å². The lowest BCUT2D eigenvalue weighted by Crippen LogP contribution is -2.36. The van der Waals surface area contributed by atoms with Gasteiger partial charge in [-0.3, -0.25) is 0 Å². The highest BCUT2D eigenvalue weighted by Gasteiger charge is 2.19. The first-order chi connectivity index (χ1) is 8.74. The first-order valence-electron chi connectivity index (χ1n) is 7.20. The summed E-state index contributed by atoms with van der Waals surface area (Å²) in [5.41, 5.74) is 0. The van der Waals surface area contributed by atoms with Crippen LogP contribution in [0.2, 0.25) is 0 Å². The highest BCUT2D eigenvalue weighted by molar-refractivity contribution is 5.70. The summed E-state index contributed by atoms with van der Waals surface area (Å²) in [6.07, 6.45) is 6.83. The molecule has 0 aromatic carbocycles. The highest BCUT2D eigenvalue weighted by Crippen LogP contribution is 2.26. The van der Waals surface area contributed by atoms with Crippen molar-refractivity contribution >= 4 is 5.97 Å². The van der Waals surface area contributed by atoms with E-state index in [1.807, 2.05) is 0 Å². The smallest absolute Gasteiger partial charge is 0.332 e. The molecule has 1 N–H and O–H groups in total. The standard InChI is InChI=1S/C14H27NO3/c1-3-18-14(16)11-17-10-9-15-12(2)13-7-5-4-6-8-13/h12-13,15H,3-11H2,1-2H3/t12-/m0/s1. The Hall–Kier alpha value is -0.610. The second-order valence-corrected chi connectivity index (χ2v) is 5.00. The average Bonchev–Trinajstić information content (AvgIpc) is 2.39. The van der Waals surface area contributed by atoms with Crippen LogP contribution in [-0.4, -0.2) is 38.4 Å². The molecule has 106 valence electrons. The first-order valence-corrected chi connectivity index (χ1v) is 7.20. The highest BCUT2D eigenvalue weighted by atomic mass is 16.6. The maximum Gasteiger partial charge on any atom is 0.332 e. The molecular weight excluding hydrogens is 230 g/mol. The van der Waals surface area contributed by atoms with Gasteiger partial charge in [0.2, 0.25) is 0 Å². The van der Waals surface area contributed by atoms with Crippen LogP contribution in [0, 0.1) is 5.92 Å². The Morgan fingerprint density at radius 1 is 1.33 bits per heavy atom. The molecule has 1 aliphatic carbocycles. The summed E-state index contributed by atoms with van der Waals surface area (Å²) in [6, 6.07) is 0.552. The third-order valence-corrected chi connectivity index (χ3v) is 3.59. The van der Waals surface area contributed by atoms with Crippen molar-refractivity contribution in [1.29, 1.82) is 0 Å². The summed E-state index contributed by atoms with van der Waals surface area (Å²) < 4.78 is 10.0. The van der Waals surface area contributed by atoms with Crippen molar-refractivity contribution in [2.75, 3.05) is 26.4 Å². The van der Waals surface area contributed by atoms with E-state index in [4.69, 9.17) is 9.47 Å². The second-order valence-electron chi connectivity index (χ2n) is 5.00. The molecule has 0 spiro atoms. The fraction of sp³-hybridized carbons (Fsp3) is 0.929. The predicted octanol–water partition coefficient (Wildman–Crippen LogP) is 2.12. The van der Waals surface area contributed by atoms with Gasteiger partial charge in [0.1, 0.15) is 6.61 Å². The maximum absolute atomic E-state index is 11.0. The van der Waals surface area contributed by atoms with E-state index in [2.05, 4.69) is 12.2 Å². The van der Waals surface area contributed by atoms with Crippen molar-refractivity contribution in [3.8, 4) is 0 Å². The molecule has 0 heterocycles. The minimum absolute atomic E-state index is 0.0628. The van der Waals surface area contributed by atoms with Gasteiger partial charge in [0, 0.05) is 12.6 Å². The van der Waals surface area contributed by atoms with Crippen LogP contribution in [0.25, 0.3) is 0 Å². The molecule has 18 heavy (non-hydrogen) atoms. The van der Waals surface area contributed by atoms with Crippen LogP contribution < -0.4 is 5.32 Å². The number of esters is 1. The van der Waals surface area contributed by atoms with Crippen molar-refractivity contribution < 1.29 is 14.3 Å². The van der Waals surface area contributed by atoms with Crippen LogP contribution >= 0.6 is 0 Å². The Kier molecular flexibility index (Phi) is 8.01. The topological polar surface area (TPSA) is 47.6 Å². The van der Waals surface area contributed by atoms with E-state index in [9.17, 15) is 4.79 Å². The number of hydrogen-bond donors (Lipinski definition) is 1. The van der Waals surface area contributed by atoms with Gasteiger partial charge in [-0.15, -0.1) is 0 Å². The van der Waals surface area contributed by atoms with Gasteiger partial charge in [0.05, 0.1) is 13.2 Å². The lowest BCUT2D eigenvalue weighted by atomic mass is 9.84. The maximum atomic E-state index is 11.0. The van der Waals surface area contributed by atoms with Gasteiger partial charge in [0.15, 0.2) is 0 Å². The molecule has 0 aromatic heterocycles. The normalized spacial score (nSPS) is 18.6. The van der Waals surface area contributed by atoms with Crippen LogP contribution in [-0.2, 0) is 14.3 Å². The monoisotopic (exact) mass is 257 g/mol. The number of hydrogen-bond acceptors (Lipinski definition) is 4. The molecule has 0 bridgehead atoms. The molecule has 1 fully saturated rings. The predicted molar refractivity (Wildman–Crippen MR) is 71.5 cm³/mol. The molecule has 0 aromatic rings. The number of nitrogens with one attached hydrogen (secondary N) is 1. The van der Waals surface area contributed by atoms with E-state index in [0.29, 0.717) is 19.3 Å². The zero-order valence-electron chi connectivity index (χ0n) is 11.7. The van der Waals surface area contributed by atoms with Crippen LogP contribution in [0.3, 0.4) is 0 Å². The molecule has 1 aliphatic rings. The first kappa shape index (κ1) is 15.4. The fourth-order valence-corrected chi connectivity index (χ4v) is 2.52. The average molecular weight is 257 g/mol. The minimum atomic E-state index is -0.280. The Bertz CT molecular complexity index is 227. The van der Waals surface area contributed by atoms with Gasteiger partial charge in [-0.25, -0.2) is 4.79 Å². The molecule has 0 aliphatic heterocycles. The van der Waals surface area contributed by atoms with Crippen molar-refractivity contribution in [3.63, 3.8) is 0 Å². The van der Waals surface area contributed by atoms with Crippen LogP contribution in [0.15, 0.2) is 0 Å². The largest absolute Gasteiger partial charge is 0.464 e. The van der Waals surface area contributed by atoms with Gasteiger partial charge in [0.25, 0.3) is 0 Å². The fourth-order valence-electron chi connectivity index (χ4n) is 2.52. The Morgan fingerprint density at radius 2 is 2.06 bits per heavy atom. The molecule has 1 atom stereocenters. The lowest BCUT2D eigenvalue weighted by Gasteiger charge is -2.28. The molecule has 4 nitrogen and oxygen atoms in total. The van der Waals surface area contributed by atoms with E-state index in [1.165, 1.54) is 32.1 Å². The number of ether oxygens (including phenoxy) is 2. The molecule has 0 unspecified atom stereocenters. The van der Waals surface area contributed by atoms with Crippen LogP contribution in [0.5, 0.6) is 0 Å². The Labute approximate surface area is 110 Å². The molecular formula is C14H27NO3. The summed E-state index contributed by atoms with van der Waals surface area (Å²) in [6.45, 7) is 5.89. The van der Waals surface area contributed by atoms with Crippen molar-refractivity contribution in [1.82, 2.24) is 5.32 Å². The summed E-state index contributed by atoms with van der Waals surface area (Å²) >= 11 is 0. The summed E-state index contributed by atoms with van der Waals surface area (Å²) in [4.78, 5) is 11.0. The third kappa shape index (κ3) is 6.36. The van der Waals surface area contributed by atoms with E-state index < -0.39 is 0 Å². The number of carbonyl (C=O) groups is 1. The second kappa shape index (κ2) is 9.34. The molecule has 0 amide bonds. The van der Waals surface area contributed by atoms with Gasteiger partial charge < -0.3 is 14.8 Å². The lowest BCUT2D eigenvalue weighted by molar-refractivity contribution is -0.148. The van der Waals surface area contributed by atoms with E-state index in [0.717, 1.165) is 12.5 Å². The van der Waals surface area contributed by atoms with Crippen molar-refractivity contribution in [2.45, 2.75) is 52.0 Å². The molecule has 1 rings (SSSR count). The van der Waals surface area contributed by atoms with Crippen molar-refractivity contribution in [3.05, 3.63) is 0 Å². The van der Waals surface area contributed by atoms with Gasteiger partial charge in [-0.2, -0.15) is 0 Å². The summed E-state index contributed by atoms with van der Waals surface area (Å²) in [5.74, 6) is 0.529. The Morgan fingerprint density at radius 3 is 2.72 bits per heavy atom. The molecule has 0 saturated heterocycles. The van der Waals surface area contributed by atoms with E-state index in [-0.39, 0.29) is 12.6 Å². The molecule has 4 heteroatoms. The Balaban J connectivity index is 1.98. The summed E-state index contributed by atoms with van der Waals surface area (Å²) in [5, 5.41) is 3.48.